The normalized spacial score (nSPS) is 34.5. The molecule has 1 aromatic rings. The molecule has 4 rings (SSSR count). The number of nitrogens with one attached hydrogen (secondary N) is 2. The monoisotopic (exact) mass is 449 g/mol. The number of fused-ring (bicyclic) bond motifs is 1. The molecule has 2 bridgehead atoms. The van der Waals surface area contributed by atoms with Crippen LogP contribution < -0.4 is 10.6 Å². The van der Waals surface area contributed by atoms with E-state index in [-0.39, 0.29) is 18.4 Å². The standard InChI is InChI=1S/C22H28ClN3O5/c1-4-14(11-27)26-17(19(29)25-13-7-5-12(23)6-8-13)22-10-9-21(2,31-22)15(18(28)24-3)16(22)20(26)30/h5-8,14-17,27H,4,9-11H2,1-3H3,(H,24,28)(H,25,29)/t14-,15-,16-,17?,21+,22?/m0/s1. The van der Waals surface area contributed by atoms with Crippen molar-refractivity contribution < 1.29 is 24.2 Å². The molecule has 8 nitrogen and oxygen atoms in total. The number of nitrogens with zero attached hydrogens (tertiary/aromatic N) is 1. The second kappa shape index (κ2) is 7.76. The zero-order valence-corrected chi connectivity index (χ0v) is 18.6. The van der Waals surface area contributed by atoms with Crippen LogP contribution in [-0.4, -0.2) is 64.7 Å². The minimum absolute atomic E-state index is 0.266. The van der Waals surface area contributed by atoms with Crippen molar-refractivity contribution in [3.05, 3.63) is 29.3 Å². The van der Waals surface area contributed by atoms with Crippen LogP contribution in [0.1, 0.15) is 33.1 Å². The topological polar surface area (TPSA) is 108 Å². The summed E-state index contributed by atoms with van der Waals surface area (Å²) >= 11 is 5.94. The fourth-order valence-corrected chi connectivity index (χ4v) is 5.90. The number of ether oxygens (including phenoxy) is 1. The lowest BCUT2D eigenvalue weighted by molar-refractivity contribution is -0.147. The molecule has 1 spiro atoms. The Kier molecular flexibility index (Phi) is 5.52. The van der Waals surface area contributed by atoms with Gasteiger partial charge in [0, 0.05) is 17.8 Å². The molecule has 3 saturated heterocycles. The van der Waals surface area contributed by atoms with Gasteiger partial charge < -0.3 is 25.4 Å². The van der Waals surface area contributed by atoms with Crippen LogP contribution in [0.4, 0.5) is 5.69 Å². The number of anilines is 1. The van der Waals surface area contributed by atoms with Crippen LogP contribution in [0.2, 0.25) is 5.02 Å². The van der Waals surface area contributed by atoms with Gasteiger partial charge in [-0.3, -0.25) is 14.4 Å². The van der Waals surface area contributed by atoms with Gasteiger partial charge in [0.1, 0.15) is 11.6 Å². The number of hydrogen-bond acceptors (Lipinski definition) is 5. The maximum atomic E-state index is 13.7. The molecule has 3 fully saturated rings. The first kappa shape index (κ1) is 22.0. The van der Waals surface area contributed by atoms with E-state index in [1.807, 2.05) is 13.8 Å². The van der Waals surface area contributed by atoms with Gasteiger partial charge >= 0.3 is 0 Å². The molecule has 31 heavy (non-hydrogen) atoms. The highest BCUT2D eigenvalue weighted by atomic mass is 35.5. The maximum absolute atomic E-state index is 13.7. The van der Waals surface area contributed by atoms with Crippen molar-refractivity contribution in [1.82, 2.24) is 10.2 Å². The van der Waals surface area contributed by atoms with Crippen LogP contribution in [-0.2, 0) is 19.1 Å². The quantitative estimate of drug-likeness (QED) is 0.610. The van der Waals surface area contributed by atoms with Crippen LogP contribution in [0.15, 0.2) is 24.3 Å². The molecule has 168 valence electrons. The van der Waals surface area contributed by atoms with E-state index in [1.165, 1.54) is 11.9 Å². The van der Waals surface area contributed by atoms with E-state index in [9.17, 15) is 19.5 Å². The van der Waals surface area contributed by atoms with E-state index in [1.54, 1.807) is 24.3 Å². The van der Waals surface area contributed by atoms with Crippen molar-refractivity contribution in [2.75, 3.05) is 19.0 Å². The molecule has 3 heterocycles. The summed E-state index contributed by atoms with van der Waals surface area (Å²) in [5.74, 6) is -2.43. The van der Waals surface area contributed by atoms with E-state index in [0.29, 0.717) is 30.0 Å². The van der Waals surface area contributed by atoms with Crippen molar-refractivity contribution in [3.8, 4) is 0 Å². The summed E-state index contributed by atoms with van der Waals surface area (Å²) in [6.07, 6.45) is 1.53. The van der Waals surface area contributed by atoms with Crippen LogP contribution in [0.5, 0.6) is 0 Å². The molecule has 1 aromatic carbocycles. The maximum Gasteiger partial charge on any atom is 0.250 e. The Bertz CT molecular complexity index is 905. The zero-order valence-electron chi connectivity index (χ0n) is 17.9. The second-order valence-electron chi connectivity index (χ2n) is 8.83. The highest BCUT2D eigenvalue weighted by molar-refractivity contribution is 6.30. The van der Waals surface area contributed by atoms with Gasteiger partial charge in [-0.15, -0.1) is 0 Å². The third kappa shape index (κ3) is 3.15. The van der Waals surface area contributed by atoms with E-state index in [2.05, 4.69) is 10.6 Å². The Morgan fingerprint density at radius 3 is 2.55 bits per heavy atom. The number of likely N-dealkylation sites (tertiary alicyclic amines) is 1. The number of rotatable bonds is 6. The van der Waals surface area contributed by atoms with Crippen LogP contribution >= 0.6 is 11.6 Å². The van der Waals surface area contributed by atoms with Gasteiger partial charge in [-0.25, -0.2) is 0 Å². The van der Waals surface area contributed by atoms with Crippen molar-refractivity contribution >= 4 is 35.0 Å². The number of hydrogen-bond donors (Lipinski definition) is 3. The Balaban J connectivity index is 1.77. The van der Waals surface area contributed by atoms with E-state index in [0.717, 1.165) is 0 Å². The van der Waals surface area contributed by atoms with Crippen molar-refractivity contribution in [2.24, 2.45) is 11.8 Å². The van der Waals surface area contributed by atoms with Crippen LogP contribution in [0.25, 0.3) is 0 Å². The van der Waals surface area contributed by atoms with Gasteiger partial charge in [-0.2, -0.15) is 0 Å². The van der Waals surface area contributed by atoms with E-state index in [4.69, 9.17) is 16.3 Å². The number of carbonyl (C=O) groups excluding carboxylic acids is 3. The number of amides is 3. The van der Waals surface area contributed by atoms with Gasteiger partial charge in [0.25, 0.3) is 0 Å². The predicted molar refractivity (Wildman–Crippen MR) is 114 cm³/mol. The summed E-state index contributed by atoms with van der Waals surface area (Å²) in [5, 5.41) is 16.0. The van der Waals surface area contributed by atoms with E-state index >= 15 is 0 Å². The fraction of sp³-hybridized carbons (Fsp3) is 0.591. The first-order valence-electron chi connectivity index (χ1n) is 10.6. The lowest BCUT2D eigenvalue weighted by Gasteiger charge is -2.36. The molecule has 3 aliphatic rings. The molecule has 0 radical (unpaired) electrons. The molecular formula is C22H28ClN3O5. The minimum atomic E-state index is -1.11. The van der Waals surface area contributed by atoms with E-state index < -0.39 is 41.0 Å². The van der Waals surface area contributed by atoms with Gasteiger partial charge in [0.2, 0.25) is 17.7 Å². The first-order chi connectivity index (χ1) is 14.7. The Morgan fingerprint density at radius 2 is 1.97 bits per heavy atom. The molecule has 0 aliphatic carbocycles. The average Bonchev–Trinajstić information content (AvgIpc) is 3.31. The lowest BCUT2D eigenvalue weighted by atomic mass is 9.66. The number of aliphatic hydroxyl groups is 1. The third-order valence-corrected chi connectivity index (χ3v) is 7.43. The first-order valence-corrected chi connectivity index (χ1v) is 11.0. The molecule has 2 unspecified atom stereocenters. The molecule has 9 heteroatoms. The second-order valence-corrected chi connectivity index (χ2v) is 9.26. The summed E-state index contributed by atoms with van der Waals surface area (Å²) in [5.41, 5.74) is -1.38. The third-order valence-electron chi connectivity index (χ3n) is 7.18. The summed E-state index contributed by atoms with van der Waals surface area (Å²) in [7, 11) is 1.54. The van der Waals surface area contributed by atoms with Crippen molar-refractivity contribution in [3.63, 3.8) is 0 Å². The number of aliphatic hydroxyl groups excluding tert-OH is 1. The average molecular weight is 450 g/mol. The van der Waals surface area contributed by atoms with Crippen molar-refractivity contribution in [1.29, 1.82) is 0 Å². The Morgan fingerprint density at radius 1 is 1.29 bits per heavy atom. The molecule has 3 N–H and O–H groups in total. The molecular weight excluding hydrogens is 422 g/mol. The molecule has 3 amide bonds. The van der Waals surface area contributed by atoms with Gasteiger partial charge in [0.15, 0.2) is 0 Å². The number of benzene rings is 1. The van der Waals surface area contributed by atoms with Gasteiger partial charge in [-0.05, 0) is 50.5 Å². The fourth-order valence-electron chi connectivity index (χ4n) is 5.77. The predicted octanol–water partition coefficient (Wildman–Crippen LogP) is 1.56. The summed E-state index contributed by atoms with van der Waals surface area (Å²) in [6.45, 7) is 3.41. The Labute approximate surface area is 186 Å². The molecule has 6 atom stereocenters. The summed E-state index contributed by atoms with van der Waals surface area (Å²) < 4.78 is 6.45. The van der Waals surface area contributed by atoms with Crippen LogP contribution in [0, 0.1) is 11.8 Å². The highest BCUT2D eigenvalue weighted by Crippen LogP contribution is 2.63. The molecule has 3 aliphatic heterocycles. The molecule has 0 saturated carbocycles. The summed E-state index contributed by atoms with van der Waals surface area (Å²) in [4.78, 5) is 41.5. The minimum Gasteiger partial charge on any atom is -0.394 e. The van der Waals surface area contributed by atoms with Crippen molar-refractivity contribution in [2.45, 2.75) is 56.4 Å². The SMILES string of the molecule is CC[C@@H](CO)N1C(=O)[C@@H]2[C@@H](C(=O)NC)[C@@]3(C)CCC2(O3)C1C(=O)Nc1ccc(Cl)cc1. The lowest BCUT2D eigenvalue weighted by Crippen LogP contribution is -2.56. The number of halogens is 1. The highest BCUT2D eigenvalue weighted by Gasteiger charge is 2.78. The molecule has 0 aromatic heterocycles. The summed E-state index contributed by atoms with van der Waals surface area (Å²) in [6, 6.07) is 5.20. The smallest absolute Gasteiger partial charge is 0.250 e. The van der Waals surface area contributed by atoms with Crippen LogP contribution in [0.3, 0.4) is 0 Å². The Hall–Kier alpha value is -2.16. The van der Waals surface area contributed by atoms with Gasteiger partial charge in [0.05, 0.1) is 30.1 Å². The largest absolute Gasteiger partial charge is 0.394 e. The zero-order chi connectivity index (χ0) is 22.6. The van der Waals surface area contributed by atoms with Gasteiger partial charge in [-0.1, -0.05) is 18.5 Å². The number of carbonyl (C=O) groups is 3.